The summed E-state index contributed by atoms with van der Waals surface area (Å²) < 4.78 is 7.25. The average Bonchev–Trinajstić information content (AvgIpc) is 2.91. The maximum absolute atomic E-state index is 13.8. The van der Waals surface area contributed by atoms with Crippen molar-refractivity contribution in [2.75, 3.05) is 50.0 Å². The second-order valence-corrected chi connectivity index (χ2v) is 11.4. The highest BCUT2D eigenvalue weighted by molar-refractivity contribution is 7.99. The van der Waals surface area contributed by atoms with Crippen LogP contribution in [-0.2, 0) is 22.5 Å². The van der Waals surface area contributed by atoms with Crippen molar-refractivity contribution in [3.05, 3.63) is 64.4 Å². The topological polar surface area (TPSA) is 67.7 Å². The van der Waals surface area contributed by atoms with Crippen molar-refractivity contribution in [3.63, 3.8) is 0 Å². The fraction of sp³-hybridized carbons (Fsp3) is 0.483. The van der Waals surface area contributed by atoms with Crippen molar-refractivity contribution in [1.29, 1.82) is 0 Å². The van der Waals surface area contributed by atoms with Gasteiger partial charge in [0.25, 0.3) is 5.56 Å². The van der Waals surface area contributed by atoms with E-state index in [2.05, 4.69) is 30.9 Å². The molecular formula is C29H36N4O3S. The number of piperidine rings is 1. The van der Waals surface area contributed by atoms with Gasteiger partial charge >= 0.3 is 0 Å². The molecule has 2 fully saturated rings. The van der Waals surface area contributed by atoms with E-state index in [1.807, 2.05) is 41.3 Å². The average molecular weight is 521 g/mol. The summed E-state index contributed by atoms with van der Waals surface area (Å²) in [5.74, 6) is 1.44. The fourth-order valence-electron chi connectivity index (χ4n) is 5.48. The molecule has 2 aliphatic rings. The number of nitrogens with zero attached hydrogens (tertiary/aromatic N) is 4. The number of likely N-dealkylation sites (tertiary alicyclic amines) is 1. The highest BCUT2D eigenvalue weighted by Crippen LogP contribution is 2.25. The zero-order valence-electron chi connectivity index (χ0n) is 21.8. The van der Waals surface area contributed by atoms with E-state index in [-0.39, 0.29) is 17.2 Å². The number of carbonyl (C=O) groups is 1. The van der Waals surface area contributed by atoms with Crippen LogP contribution in [0.1, 0.15) is 25.8 Å². The zero-order valence-corrected chi connectivity index (χ0v) is 22.6. The molecule has 0 spiro atoms. The predicted octanol–water partition coefficient (Wildman–Crippen LogP) is 4.07. The Kier molecular flexibility index (Phi) is 8.15. The van der Waals surface area contributed by atoms with Gasteiger partial charge in [-0.1, -0.05) is 55.9 Å². The van der Waals surface area contributed by atoms with Crippen LogP contribution in [0.5, 0.6) is 0 Å². The van der Waals surface area contributed by atoms with Crippen molar-refractivity contribution in [2.24, 2.45) is 11.8 Å². The van der Waals surface area contributed by atoms with Crippen LogP contribution < -0.4 is 10.5 Å². The lowest BCUT2D eigenvalue weighted by Crippen LogP contribution is -2.43. The Bertz CT molecular complexity index is 1280. The monoisotopic (exact) mass is 520 g/mol. The molecule has 196 valence electrons. The van der Waals surface area contributed by atoms with E-state index in [1.165, 1.54) is 17.3 Å². The van der Waals surface area contributed by atoms with Crippen LogP contribution in [0.3, 0.4) is 0 Å². The molecule has 5 rings (SSSR count). The molecule has 0 N–H and O–H groups in total. The van der Waals surface area contributed by atoms with Crippen molar-refractivity contribution in [3.8, 4) is 0 Å². The highest BCUT2D eigenvalue weighted by atomic mass is 32.2. The first kappa shape index (κ1) is 25.8. The first-order valence-electron chi connectivity index (χ1n) is 13.3. The molecule has 2 unspecified atom stereocenters. The van der Waals surface area contributed by atoms with Crippen molar-refractivity contribution < 1.29 is 9.53 Å². The number of carbonyl (C=O) groups excluding carboxylic acids is 1. The standard InChI is InChI=1S/C29H36N4O3S/c1-21-16-22(2)19-32(18-21)27(34)20-37-29-30-26-9-8-24(31-12-14-36-15-13-31)17-25(26)28(35)33(29)11-10-23-6-4-3-5-7-23/h3-9,17,21-22H,10-16,18-20H2,1-2H3. The van der Waals surface area contributed by atoms with Crippen molar-refractivity contribution >= 4 is 34.3 Å². The minimum absolute atomic E-state index is 0.0498. The van der Waals surface area contributed by atoms with Gasteiger partial charge in [0, 0.05) is 38.4 Å². The number of hydrogen-bond donors (Lipinski definition) is 0. The molecule has 8 heteroatoms. The van der Waals surface area contributed by atoms with Crippen LogP contribution in [0.4, 0.5) is 5.69 Å². The molecule has 1 amide bonds. The predicted molar refractivity (Wildman–Crippen MR) is 149 cm³/mol. The van der Waals surface area contributed by atoms with E-state index in [1.54, 1.807) is 4.57 Å². The quantitative estimate of drug-likeness (QED) is 0.346. The van der Waals surface area contributed by atoms with Crippen LogP contribution in [0, 0.1) is 11.8 Å². The summed E-state index contributed by atoms with van der Waals surface area (Å²) in [5, 5.41) is 1.23. The summed E-state index contributed by atoms with van der Waals surface area (Å²) in [4.78, 5) is 36.0. The number of rotatable bonds is 7. The lowest BCUT2D eigenvalue weighted by Gasteiger charge is -2.35. The number of ether oxygens (including phenoxy) is 1. The van der Waals surface area contributed by atoms with Gasteiger partial charge in [0.1, 0.15) is 0 Å². The molecule has 7 nitrogen and oxygen atoms in total. The zero-order chi connectivity index (χ0) is 25.8. The number of hydrogen-bond acceptors (Lipinski definition) is 6. The number of anilines is 1. The van der Waals surface area contributed by atoms with Gasteiger partial charge in [-0.25, -0.2) is 4.98 Å². The van der Waals surface area contributed by atoms with E-state index < -0.39 is 0 Å². The molecule has 1 aromatic heterocycles. The lowest BCUT2D eigenvalue weighted by atomic mass is 9.92. The third-order valence-electron chi connectivity index (χ3n) is 7.29. The molecule has 37 heavy (non-hydrogen) atoms. The second kappa shape index (κ2) is 11.7. The number of amides is 1. The van der Waals surface area contributed by atoms with E-state index in [0.717, 1.165) is 44.7 Å². The molecule has 2 saturated heterocycles. The van der Waals surface area contributed by atoms with Gasteiger partial charge in [-0.3, -0.25) is 14.2 Å². The van der Waals surface area contributed by atoms with E-state index in [9.17, 15) is 9.59 Å². The number of aromatic nitrogens is 2. The Labute approximate surface area is 222 Å². The molecule has 0 bridgehead atoms. The Balaban J connectivity index is 1.43. The molecule has 0 radical (unpaired) electrons. The van der Waals surface area contributed by atoms with Gasteiger partial charge in [-0.2, -0.15) is 0 Å². The molecular weight excluding hydrogens is 484 g/mol. The lowest BCUT2D eigenvalue weighted by molar-refractivity contribution is -0.130. The Hall–Kier alpha value is -2.84. The normalized spacial score (nSPS) is 20.4. The van der Waals surface area contributed by atoms with Crippen LogP contribution in [0.25, 0.3) is 10.9 Å². The minimum Gasteiger partial charge on any atom is -0.378 e. The number of thioether (sulfide) groups is 1. The molecule has 2 aromatic carbocycles. The third kappa shape index (κ3) is 6.18. The number of aryl methyl sites for hydroxylation is 1. The van der Waals surface area contributed by atoms with Crippen molar-refractivity contribution in [2.45, 2.75) is 38.4 Å². The maximum Gasteiger partial charge on any atom is 0.262 e. The summed E-state index contributed by atoms with van der Waals surface area (Å²) in [6.07, 6.45) is 1.88. The van der Waals surface area contributed by atoms with E-state index in [0.29, 0.717) is 47.7 Å². The smallest absolute Gasteiger partial charge is 0.262 e. The third-order valence-corrected chi connectivity index (χ3v) is 8.25. The molecule has 2 atom stereocenters. The van der Waals surface area contributed by atoms with Gasteiger partial charge in [0.2, 0.25) is 5.91 Å². The number of fused-ring (bicyclic) bond motifs is 1. The fourth-order valence-corrected chi connectivity index (χ4v) is 6.41. The minimum atomic E-state index is -0.0498. The van der Waals surface area contributed by atoms with E-state index in [4.69, 9.17) is 9.72 Å². The summed E-state index contributed by atoms with van der Waals surface area (Å²) in [7, 11) is 0. The van der Waals surface area contributed by atoms with Crippen molar-refractivity contribution in [1.82, 2.24) is 14.5 Å². The second-order valence-electron chi connectivity index (χ2n) is 10.4. The van der Waals surface area contributed by atoms with Gasteiger partial charge in [0.15, 0.2) is 5.16 Å². The Morgan fingerprint density at radius 3 is 2.51 bits per heavy atom. The van der Waals surface area contributed by atoms with Gasteiger partial charge < -0.3 is 14.5 Å². The summed E-state index contributed by atoms with van der Waals surface area (Å²) in [6.45, 7) is 9.55. The van der Waals surface area contributed by atoms with Gasteiger partial charge in [0.05, 0.1) is 29.9 Å². The summed E-state index contributed by atoms with van der Waals surface area (Å²) in [5.41, 5.74) is 2.81. The summed E-state index contributed by atoms with van der Waals surface area (Å²) in [6, 6.07) is 16.1. The number of morpholine rings is 1. The van der Waals surface area contributed by atoms with E-state index >= 15 is 0 Å². The van der Waals surface area contributed by atoms with Crippen LogP contribution in [0.15, 0.2) is 58.5 Å². The molecule has 2 aliphatic heterocycles. The van der Waals surface area contributed by atoms with Crippen LogP contribution in [0.2, 0.25) is 0 Å². The SMILES string of the molecule is CC1CC(C)CN(C(=O)CSc2nc3ccc(N4CCOCC4)cc3c(=O)n2CCc2ccccc2)C1. The molecule has 0 saturated carbocycles. The van der Waals surface area contributed by atoms with Crippen LogP contribution in [-0.4, -0.2) is 65.5 Å². The Morgan fingerprint density at radius 1 is 1.05 bits per heavy atom. The molecule has 0 aliphatic carbocycles. The van der Waals surface area contributed by atoms with Gasteiger partial charge in [-0.05, 0) is 48.4 Å². The highest BCUT2D eigenvalue weighted by Gasteiger charge is 2.26. The largest absolute Gasteiger partial charge is 0.378 e. The first-order chi connectivity index (χ1) is 18.0. The maximum atomic E-state index is 13.8. The molecule has 3 aromatic rings. The Morgan fingerprint density at radius 2 is 1.78 bits per heavy atom. The van der Waals surface area contributed by atoms with Gasteiger partial charge in [-0.15, -0.1) is 0 Å². The molecule has 3 heterocycles. The van der Waals surface area contributed by atoms with Crippen LogP contribution >= 0.6 is 11.8 Å². The first-order valence-corrected chi connectivity index (χ1v) is 14.3. The summed E-state index contributed by atoms with van der Waals surface area (Å²) >= 11 is 1.38. The number of benzene rings is 2.